The summed E-state index contributed by atoms with van der Waals surface area (Å²) in [6.07, 6.45) is 3.35. The van der Waals surface area contributed by atoms with Gasteiger partial charge >= 0.3 is 0 Å². The van der Waals surface area contributed by atoms with Crippen molar-refractivity contribution in [3.63, 3.8) is 0 Å². The second-order valence-corrected chi connectivity index (χ2v) is 4.19. The first kappa shape index (κ1) is 13.9. The molecule has 0 atom stereocenters. The topological polar surface area (TPSA) is 47.0 Å². The van der Waals surface area contributed by atoms with Crippen molar-refractivity contribution in [2.75, 3.05) is 25.1 Å². The van der Waals surface area contributed by atoms with Crippen molar-refractivity contribution in [1.29, 1.82) is 0 Å². The first-order chi connectivity index (χ1) is 8.22. The van der Waals surface area contributed by atoms with Crippen molar-refractivity contribution in [3.8, 4) is 0 Å². The Balaban J connectivity index is 2.13. The Morgan fingerprint density at radius 1 is 1.18 bits per heavy atom. The Labute approximate surface area is 104 Å². The van der Waals surface area contributed by atoms with Gasteiger partial charge in [-0.2, -0.15) is 0 Å². The molecule has 1 aromatic rings. The summed E-state index contributed by atoms with van der Waals surface area (Å²) >= 11 is 0. The van der Waals surface area contributed by atoms with Crippen LogP contribution in [-0.4, -0.2) is 29.7 Å². The van der Waals surface area contributed by atoms with Gasteiger partial charge < -0.3 is 10.1 Å². The van der Waals surface area contributed by atoms with Crippen molar-refractivity contribution in [2.45, 2.75) is 40.0 Å². The van der Waals surface area contributed by atoms with Gasteiger partial charge in [0.1, 0.15) is 11.6 Å². The van der Waals surface area contributed by atoms with Crippen LogP contribution in [0.15, 0.2) is 6.07 Å². The molecule has 4 heteroatoms. The molecule has 0 unspecified atom stereocenters. The largest absolute Gasteiger partial charge is 0.381 e. The highest BCUT2D eigenvalue weighted by Gasteiger charge is 1.97. The molecule has 1 aromatic heterocycles. The van der Waals surface area contributed by atoms with Crippen molar-refractivity contribution < 1.29 is 4.74 Å². The molecular formula is C13H23N3O. The molecule has 0 saturated heterocycles. The Bertz CT molecular complexity index is 308. The van der Waals surface area contributed by atoms with E-state index < -0.39 is 0 Å². The summed E-state index contributed by atoms with van der Waals surface area (Å²) in [6, 6.07) is 1.96. The van der Waals surface area contributed by atoms with E-state index in [0.717, 1.165) is 49.9 Å². The summed E-state index contributed by atoms with van der Waals surface area (Å²) in [5.41, 5.74) is 0.999. The normalized spacial score (nSPS) is 10.5. The third-order valence-electron chi connectivity index (χ3n) is 2.38. The fourth-order valence-electron chi connectivity index (χ4n) is 1.55. The van der Waals surface area contributed by atoms with Crippen LogP contribution < -0.4 is 5.32 Å². The summed E-state index contributed by atoms with van der Waals surface area (Å²) in [6.45, 7) is 8.64. The molecule has 0 amide bonds. The summed E-state index contributed by atoms with van der Waals surface area (Å²) in [5.74, 6) is 1.72. The van der Waals surface area contributed by atoms with E-state index in [0.29, 0.717) is 0 Å². The zero-order valence-corrected chi connectivity index (χ0v) is 11.1. The highest BCUT2D eigenvalue weighted by atomic mass is 16.5. The Morgan fingerprint density at radius 2 is 1.94 bits per heavy atom. The number of aryl methyl sites for hydroxylation is 2. The maximum atomic E-state index is 5.49. The standard InChI is InChI=1S/C13H23N3O/c1-4-5-8-17-9-6-7-14-13-10-11(2)15-12(3)16-13/h10H,4-9H2,1-3H3,(H,14,15,16). The molecule has 0 aliphatic carbocycles. The SMILES string of the molecule is CCCCOCCCNc1cc(C)nc(C)n1. The minimum absolute atomic E-state index is 0.812. The van der Waals surface area contributed by atoms with Gasteiger partial charge in [0, 0.05) is 31.5 Å². The van der Waals surface area contributed by atoms with Gasteiger partial charge in [0.25, 0.3) is 0 Å². The van der Waals surface area contributed by atoms with Crippen molar-refractivity contribution in [3.05, 3.63) is 17.6 Å². The van der Waals surface area contributed by atoms with Crippen LogP contribution in [0.1, 0.15) is 37.7 Å². The van der Waals surface area contributed by atoms with E-state index in [1.807, 2.05) is 19.9 Å². The monoisotopic (exact) mass is 237 g/mol. The fraction of sp³-hybridized carbons (Fsp3) is 0.692. The number of nitrogens with zero attached hydrogens (tertiary/aromatic N) is 2. The van der Waals surface area contributed by atoms with Gasteiger partial charge in [-0.15, -0.1) is 0 Å². The molecular weight excluding hydrogens is 214 g/mol. The molecule has 0 aliphatic rings. The molecule has 0 saturated carbocycles. The first-order valence-electron chi connectivity index (χ1n) is 6.36. The lowest BCUT2D eigenvalue weighted by atomic mass is 10.3. The van der Waals surface area contributed by atoms with Gasteiger partial charge in [0.05, 0.1) is 0 Å². The molecule has 1 rings (SSSR count). The second kappa shape index (κ2) is 8.01. The van der Waals surface area contributed by atoms with Crippen LogP contribution in [0.4, 0.5) is 5.82 Å². The van der Waals surface area contributed by atoms with E-state index in [2.05, 4.69) is 22.2 Å². The first-order valence-corrected chi connectivity index (χ1v) is 6.36. The lowest BCUT2D eigenvalue weighted by Gasteiger charge is -2.07. The molecule has 0 aromatic carbocycles. The number of hydrogen-bond donors (Lipinski definition) is 1. The van der Waals surface area contributed by atoms with Crippen molar-refractivity contribution >= 4 is 5.82 Å². The van der Waals surface area contributed by atoms with E-state index in [4.69, 9.17) is 4.74 Å². The third kappa shape index (κ3) is 6.22. The predicted octanol–water partition coefficient (Wildman–Crippen LogP) is 2.71. The van der Waals surface area contributed by atoms with Gasteiger partial charge in [0.15, 0.2) is 0 Å². The molecule has 96 valence electrons. The maximum absolute atomic E-state index is 5.49. The van der Waals surface area contributed by atoms with E-state index >= 15 is 0 Å². The number of anilines is 1. The average molecular weight is 237 g/mol. The number of rotatable bonds is 8. The molecule has 1 heterocycles. The van der Waals surface area contributed by atoms with Crippen LogP contribution >= 0.6 is 0 Å². The lowest BCUT2D eigenvalue weighted by molar-refractivity contribution is 0.131. The van der Waals surface area contributed by atoms with E-state index in [9.17, 15) is 0 Å². The minimum Gasteiger partial charge on any atom is -0.381 e. The fourth-order valence-corrected chi connectivity index (χ4v) is 1.55. The summed E-state index contributed by atoms with van der Waals surface area (Å²) in [5, 5.41) is 3.29. The third-order valence-corrected chi connectivity index (χ3v) is 2.38. The van der Waals surface area contributed by atoms with Crippen LogP contribution in [0.25, 0.3) is 0 Å². The second-order valence-electron chi connectivity index (χ2n) is 4.19. The van der Waals surface area contributed by atoms with E-state index in [1.54, 1.807) is 0 Å². The predicted molar refractivity (Wildman–Crippen MR) is 70.3 cm³/mol. The van der Waals surface area contributed by atoms with Gasteiger partial charge in [0.2, 0.25) is 0 Å². The molecule has 4 nitrogen and oxygen atoms in total. The molecule has 0 spiro atoms. The van der Waals surface area contributed by atoms with Gasteiger partial charge in [-0.3, -0.25) is 0 Å². The summed E-state index contributed by atoms with van der Waals surface area (Å²) in [7, 11) is 0. The van der Waals surface area contributed by atoms with Crippen LogP contribution in [0, 0.1) is 13.8 Å². The van der Waals surface area contributed by atoms with Crippen LogP contribution in [0.5, 0.6) is 0 Å². The average Bonchev–Trinajstić information content (AvgIpc) is 2.26. The Morgan fingerprint density at radius 3 is 2.65 bits per heavy atom. The van der Waals surface area contributed by atoms with Crippen LogP contribution in [0.2, 0.25) is 0 Å². The number of unbranched alkanes of at least 4 members (excludes halogenated alkanes) is 1. The van der Waals surface area contributed by atoms with Crippen LogP contribution in [-0.2, 0) is 4.74 Å². The van der Waals surface area contributed by atoms with Crippen molar-refractivity contribution in [1.82, 2.24) is 9.97 Å². The molecule has 0 bridgehead atoms. The van der Waals surface area contributed by atoms with Crippen molar-refractivity contribution in [2.24, 2.45) is 0 Å². The van der Waals surface area contributed by atoms with Gasteiger partial charge in [-0.25, -0.2) is 9.97 Å². The number of hydrogen-bond acceptors (Lipinski definition) is 4. The van der Waals surface area contributed by atoms with Crippen LogP contribution in [0.3, 0.4) is 0 Å². The van der Waals surface area contributed by atoms with E-state index in [1.165, 1.54) is 6.42 Å². The molecule has 0 aliphatic heterocycles. The summed E-state index contributed by atoms with van der Waals surface area (Å²) < 4.78 is 5.49. The highest BCUT2D eigenvalue weighted by Crippen LogP contribution is 2.05. The maximum Gasteiger partial charge on any atom is 0.129 e. The molecule has 1 N–H and O–H groups in total. The Kier molecular flexibility index (Phi) is 6.55. The molecule has 17 heavy (non-hydrogen) atoms. The van der Waals surface area contributed by atoms with E-state index in [-0.39, 0.29) is 0 Å². The highest BCUT2D eigenvalue weighted by molar-refractivity contribution is 5.35. The Hall–Kier alpha value is -1.16. The smallest absolute Gasteiger partial charge is 0.129 e. The lowest BCUT2D eigenvalue weighted by Crippen LogP contribution is -2.08. The zero-order valence-electron chi connectivity index (χ0n) is 11.1. The van der Waals surface area contributed by atoms with Gasteiger partial charge in [-0.1, -0.05) is 13.3 Å². The zero-order chi connectivity index (χ0) is 12.5. The number of ether oxygens (including phenoxy) is 1. The number of nitrogens with one attached hydrogen (secondary N) is 1. The summed E-state index contributed by atoms with van der Waals surface area (Å²) in [4.78, 5) is 8.55. The number of aromatic nitrogens is 2. The molecule has 0 radical (unpaired) electrons. The minimum atomic E-state index is 0.812. The quantitative estimate of drug-likeness (QED) is 0.706. The van der Waals surface area contributed by atoms with Gasteiger partial charge in [-0.05, 0) is 26.7 Å². The molecule has 0 fully saturated rings.